The summed E-state index contributed by atoms with van der Waals surface area (Å²) in [5, 5.41) is -0.159. The second kappa shape index (κ2) is 5.48. The van der Waals surface area contributed by atoms with E-state index in [-0.39, 0.29) is 22.0 Å². The first-order valence-corrected chi connectivity index (χ1v) is 7.36. The molecule has 1 aromatic carbocycles. The molecule has 4 nitrogen and oxygen atoms in total. The van der Waals surface area contributed by atoms with E-state index in [4.69, 9.17) is 4.74 Å². The van der Waals surface area contributed by atoms with Crippen molar-refractivity contribution in [3.8, 4) is 0 Å². The average Bonchev–Trinajstić information content (AvgIpc) is 2.71. The molecule has 1 aliphatic heterocycles. The SMILES string of the molecule is COC(=O)[C@@H]1N(C(C)=O)[C@H](c2ccccc2)SC1(C)C. The summed E-state index contributed by atoms with van der Waals surface area (Å²) < 4.78 is 4.50. The lowest BCUT2D eigenvalue weighted by Gasteiger charge is -2.29. The number of methoxy groups -OCH3 is 1. The van der Waals surface area contributed by atoms with Crippen molar-refractivity contribution in [2.75, 3.05) is 7.11 Å². The average molecular weight is 293 g/mol. The highest BCUT2D eigenvalue weighted by Crippen LogP contribution is 2.52. The van der Waals surface area contributed by atoms with Gasteiger partial charge in [-0.3, -0.25) is 4.79 Å². The number of benzene rings is 1. The number of hydrogen-bond donors (Lipinski definition) is 0. The van der Waals surface area contributed by atoms with Crippen LogP contribution >= 0.6 is 11.8 Å². The number of carbonyl (C=O) groups excluding carboxylic acids is 2. The molecule has 1 heterocycles. The second-order valence-corrected chi connectivity index (χ2v) is 7.07. The third kappa shape index (κ3) is 2.54. The summed E-state index contributed by atoms with van der Waals surface area (Å²) in [4.78, 5) is 25.8. The van der Waals surface area contributed by atoms with E-state index in [1.165, 1.54) is 14.0 Å². The summed E-state index contributed by atoms with van der Waals surface area (Å²) in [5.41, 5.74) is 1.02. The summed E-state index contributed by atoms with van der Waals surface area (Å²) in [7, 11) is 1.36. The molecular formula is C15H19NO3S. The molecule has 5 heteroatoms. The van der Waals surface area contributed by atoms with E-state index >= 15 is 0 Å². The molecule has 0 radical (unpaired) electrons. The van der Waals surface area contributed by atoms with Gasteiger partial charge in [-0.05, 0) is 19.4 Å². The maximum atomic E-state index is 12.1. The van der Waals surface area contributed by atoms with Gasteiger partial charge in [-0.25, -0.2) is 4.79 Å². The highest BCUT2D eigenvalue weighted by atomic mass is 32.2. The van der Waals surface area contributed by atoms with Gasteiger partial charge in [0.1, 0.15) is 11.4 Å². The van der Waals surface area contributed by atoms with Crippen molar-refractivity contribution in [1.29, 1.82) is 0 Å². The zero-order valence-corrected chi connectivity index (χ0v) is 12.9. The Balaban J connectivity index is 2.45. The van der Waals surface area contributed by atoms with E-state index in [2.05, 4.69) is 0 Å². The standard InChI is InChI=1S/C15H19NO3S/c1-10(17)16-12(14(18)19-4)15(2,3)20-13(16)11-8-6-5-7-9-11/h5-9,12-13H,1-4H3/t12-,13-/m0/s1. The van der Waals surface area contributed by atoms with Gasteiger partial charge in [0.25, 0.3) is 0 Å². The van der Waals surface area contributed by atoms with Crippen LogP contribution in [-0.2, 0) is 14.3 Å². The normalized spacial score (nSPS) is 24.5. The smallest absolute Gasteiger partial charge is 0.330 e. The lowest BCUT2D eigenvalue weighted by Crippen LogP contribution is -2.49. The van der Waals surface area contributed by atoms with Gasteiger partial charge in [0, 0.05) is 11.7 Å². The van der Waals surface area contributed by atoms with Gasteiger partial charge in [0.2, 0.25) is 5.91 Å². The van der Waals surface area contributed by atoms with Crippen LogP contribution < -0.4 is 0 Å². The van der Waals surface area contributed by atoms with Crippen LogP contribution in [0.5, 0.6) is 0 Å². The van der Waals surface area contributed by atoms with Crippen LogP contribution in [0.2, 0.25) is 0 Å². The van der Waals surface area contributed by atoms with Crippen molar-refractivity contribution < 1.29 is 14.3 Å². The predicted octanol–water partition coefficient (Wildman–Crippen LogP) is 2.60. The molecule has 0 spiro atoms. The van der Waals surface area contributed by atoms with E-state index in [1.807, 2.05) is 44.2 Å². The molecule has 1 aromatic rings. The summed E-state index contributed by atoms with van der Waals surface area (Å²) in [6, 6.07) is 9.19. The quantitative estimate of drug-likeness (QED) is 0.786. The number of rotatable bonds is 2. The number of amides is 1. The highest BCUT2D eigenvalue weighted by molar-refractivity contribution is 8.01. The molecule has 2 rings (SSSR count). The lowest BCUT2D eigenvalue weighted by atomic mass is 10.0. The van der Waals surface area contributed by atoms with Crippen LogP contribution in [0.25, 0.3) is 0 Å². The maximum Gasteiger partial charge on any atom is 0.330 e. The molecular weight excluding hydrogens is 274 g/mol. The molecule has 2 atom stereocenters. The van der Waals surface area contributed by atoms with Gasteiger partial charge in [0.15, 0.2) is 0 Å². The minimum Gasteiger partial charge on any atom is -0.467 e. The molecule has 1 aliphatic rings. The van der Waals surface area contributed by atoms with E-state index in [0.29, 0.717) is 0 Å². The molecule has 20 heavy (non-hydrogen) atoms. The van der Waals surface area contributed by atoms with Gasteiger partial charge >= 0.3 is 5.97 Å². The number of hydrogen-bond acceptors (Lipinski definition) is 4. The molecule has 0 aromatic heterocycles. The van der Waals surface area contributed by atoms with Crippen LogP contribution in [0.15, 0.2) is 30.3 Å². The third-order valence-corrected chi connectivity index (χ3v) is 5.03. The highest BCUT2D eigenvalue weighted by Gasteiger charge is 2.53. The molecule has 1 amide bonds. The first-order chi connectivity index (χ1) is 9.38. The topological polar surface area (TPSA) is 46.6 Å². The number of esters is 1. The number of nitrogens with zero attached hydrogens (tertiary/aromatic N) is 1. The minimum atomic E-state index is -0.569. The first kappa shape index (κ1) is 14.9. The first-order valence-electron chi connectivity index (χ1n) is 6.48. The Bertz CT molecular complexity index is 515. The molecule has 0 unspecified atom stereocenters. The summed E-state index contributed by atoms with van der Waals surface area (Å²) in [6.45, 7) is 5.43. The van der Waals surface area contributed by atoms with Crippen molar-refractivity contribution in [3.05, 3.63) is 35.9 Å². The fraction of sp³-hybridized carbons (Fsp3) is 0.467. The monoisotopic (exact) mass is 293 g/mol. The largest absolute Gasteiger partial charge is 0.467 e. The second-order valence-electron chi connectivity index (χ2n) is 5.34. The van der Waals surface area contributed by atoms with Crippen molar-refractivity contribution in [1.82, 2.24) is 4.90 Å². The van der Waals surface area contributed by atoms with Crippen molar-refractivity contribution in [2.45, 2.75) is 36.9 Å². The molecule has 1 saturated heterocycles. The van der Waals surface area contributed by atoms with Crippen LogP contribution in [0, 0.1) is 0 Å². The molecule has 1 fully saturated rings. The Labute approximate surface area is 123 Å². The van der Waals surface area contributed by atoms with Crippen LogP contribution in [-0.4, -0.2) is 34.7 Å². The van der Waals surface area contributed by atoms with E-state index < -0.39 is 6.04 Å². The van der Waals surface area contributed by atoms with Gasteiger partial charge in [-0.1, -0.05) is 30.3 Å². The van der Waals surface area contributed by atoms with Crippen LogP contribution in [0.4, 0.5) is 0 Å². The summed E-state index contributed by atoms with van der Waals surface area (Å²) >= 11 is 1.61. The molecule has 0 aliphatic carbocycles. The van der Waals surface area contributed by atoms with Crippen LogP contribution in [0.3, 0.4) is 0 Å². The summed E-state index contributed by atoms with van der Waals surface area (Å²) in [5.74, 6) is -0.483. The molecule has 0 N–H and O–H groups in total. The zero-order chi connectivity index (χ0) is 14.9. The van der Waals surface area contributed by atoms with Crippen LogP contribution in [0.1, 0.15) is 31.7 Å². The molecule has 0 saturated carbocycles. The van der Waals surface area contributed by atoms with Crippen molar-refractivity contribution >= 4 is 23.6 Å². The Morgan fingerprint density at radius 1 is 1.25 bits per heavy atom. The Morgan fingerprint density at radius 2 is 1.85 bits per heavy atom. The van der Waals surface area contributed by atoms with E-state index in [0.717, 1.165) is 5.56 Å². The third-order valence-electron chi connectivity index (χ3n) is 3.48. The fourth-order valence-corrected chi connectivity index (χ4v) is 4.17. The van der Waals surface area contributed by atoms with Crippen molar-refractivity contribution in [2.24, 2.45) is 0 Å². The lowest BCUT2D eigenvalue weighted by molar-refractivity contribution is -0.153. The Hall–Kier alpha value is -1.49. The number of thioether (sulfide) groups is 1. The molecule has 108 valence electrons. The fourth-order valence-electron chi connectivity index (χ4n) is 2.58. The Kier molecular flexibility index (Phi) is 4.09. The van der Waals surface area contributed by atoms with Gasteiger partial charge in [-0.2, -0.15) is 0 Å². The van der Waals surface area contributed by atoms with Crippen molar-refractivity contribution in [3.63, 3.8) is 0 Å². The number of carbonyl (C=O) groups is 2. The predicted molar refractivity (Wildman–Crippen MR) is 79.2 cm³/mol. The number of ether oxygens (including phenoxy) is 1. The van der Waals surface area contributed by atoms with E-state index in [1.54, 1.807) is 16.7 Å². The Morgan fingerprint density at radius 3 is 2.35 bits per heavy atom. The minimum absolute atomic E-state index is 0.118. The summed E-state index contributed by atoms with van der Waals surface area (Å²) in [6.07, 6.45) is 0. The van der Waals surface area contributed by atoms with Gasteiger partial charge in [0.05, 0.1) is 7.11 Å². The van der Waals surface area contributed by atoms with Gasteiger partial charge in [-0.15, -0.1) is 11.8 Å². The maximum absolute atomic E-state index is 12.1. The van der Waals surface area contributed by atoms with Gasteiger partial charge < -0.3 is 9.64 Å². The zero-order valence-electron chi connectivity index (χ0n) is 12.1. The van der Waals surface area contributed by atoms with E-state index in [9.17, 15) is 9.59 Å². The molecule has 0 bridgehead atoms.